The average Bonchev–Trinajstić information content (AvgIpc) is 3.12. The molecule has 2 heterocycles. The van der Waals surface area contributed by atoms with Crippen molar-refractivity contribution in [3.8, 4) is 11.3 Å². The molecule has 2 aromatic heterocycles. The molecular formula is C28H28N2O. The van der Waals surface area contributed by atoms with E-state index in [-0.39, 0.29) is 10.8 Å². The molecule has 3 heteroatoms. The van der Waals surface area contributed by atoms with E-state index in [2.05, 4.69) is 106 Å². The van der Waals surface area contributed by atoms with Crippen LogP contribution in [0.2, 0.25) is 0 Å². The van der Waals surface area contributed by atoms with E-state index in [4.69, 9.17) is 4.42 Å². The largest absolute Gasteiger partial charge is 0.455 e. The Bertz CT molecular complexity index is 1450. The van der Waals surface area contributed by atoms with Gasteiger partial charge in [-0.3, -0.25) is 0 Å². The molecule has 0 N–H and O–H groups in total. The first kappa shape index (κ1) is 19.7. The van der Waals surface area contributed by atoms with Crippen molar-refractivity contribution in [3.63, 3.8) is 0 Å². The van der Waals surface area contributed by atoms with Crippen LogP contribution in [0.3, 0.4) is 0 Å². The van der Waals surface area contributed by atoms with E-state index in [1.54, 1.807) is 6.33 Å². The Labute approximate surface area is 183 Å². The van der Waals surface area contributed by atoms with Gasteiger partial charge in [0.25, 0.3) is 0 Å². The van der Waals surface area contributed by atoms with Crippen LogP contribution >= 0.6 is 0 Å². The van der Waals surface area contributed by atoms with Gasteiger partial charge in [-0.05, 0) is 34.6 Å². The van der Waals surface area contributed by atoms with E-state index in [9.17, 15) is 0 Å². The van der Waals surface area contributed by atoms with E-state index in [0.717, 1.165) is 38.9 Å². The number of benzene rings is 3. The lowest BCUT2D eigenvalue weighted by Crippen LogP contribution is -2.14. The summed E-state index contributed by atoms with van der Waals surface area (Å²) in [6, 6.07) is 19.3. The van der Waals surface area contributed by atoms with Gasteiger partial charge in [0.1, 0.15) is 17.5 Å². The zero-order chi connectivity index (χ0) is 22.0. The fourth-order valence-electron chi connectivity index (χ4n) is 4.35. The fraction of sp³-hybridized carbons (Fsp3) is 0.286. The van der Waals surface area contributed by atoms with Crippen LogP contribution in [0.1, 0.15) is 52.8 Å². The molecule has 3 aromatic carbocycles. The van der Waals surface area contributed by atoms with Crippen molar-refractivity contribution in [1.82, 2.24) is 9.97 Å². The highest BCUT2D eigenvalue weighted by atomic mass is 16.3. The molecule has 0 aliphatic heterocycles. The van der Waals surface area contributed by atoms with Crippen LogP contribution in [0.15, 0.2) is 65.3 Å². The van der Waals surface area contributed by atoms with Crippen molar-refractivity contribution >= 4 is 32.7 Å². The molecule has 0 aliphatic rings. The fourth-order valence-corrected chi connectivity index (χ4v) is 4.35. The van der Waals surface area contributed by atoms with Crippen molar-refractivity contribution in [2.75, 3.05) is 0 Å². The summed E-state index contributed by atoms with van der Waals surface area (Å²) in [5, 5.41) is 4.66. The molecule has 0 saturated carbocycles. The molecule has 0 bridgehead atoms. The lowest BCUT2D eigenvalue weighted by atomic mass is 9.83. The smallest absolute Gasteiger partial charge is 0.145 e. The molecule has 3 nitrogen and oxygen atoms in total. The summed E-state index contributed by atoms with van der Waals surface area (Å²) < 4.78 is 6.65. The zero-order valence-electron chi connectivity index (χ0n) is 19.1. The number of hydrogen-bond acceptors (Lipinski definition) is 3. The third-order valence-corrected chi connectivity index (χ3v) is 6.03. The molecule has 0 saturated heterocycles. The highest BCUT2D eigenvalue weighted by molar-refractivity contribution is 6.18. The first-order valence-electron chi connectivity index (χ1n) is 10.8. The monoisotopic (exact) mass is 408 g/mol. The average molecular weight is 409 g/mol. The summed E-state index contributed by atoms with van der Waals surface area (Å²) in [6.45, 7) is 13.3. The van der Waals surface area contributed by atoms with Gasteiger partial charge in [0.15, 0.2) is 0 Å². The van der Waals surface area contributed by atoms with Crippen LogP contribution in [-0.4, -0.2) is 9.97 Å². The van der Waals surface area contributed by atoms with Crippen LogP contribution in [0.4, 0.5) is 0 Å². The number of furan rings is 1. The predicted octanol–water partition coefficient (Wildman–Crippen LogP) is 7.79. The van der Waals surface area contributed by atoms with Crippen LogP contribution in [-0.2, 0) is 10.8 Å². The van der Waals surface area contributed by atoms with Crippen LogP contribution < -0.4 is 0 Å². The molecule has 0 spiro atoms. The van der Waals surface area contributed by atoms with Crippen molar-refractivity contribution in [2.24, 2.45) is 0 Å². The Morgan fingerprint density at radius 3 is 2.23 bits per heavy atom. The lowest BCUT2D eigenvalue weighted by Gasteiger charge is -2.21. The summed E-state index contributed by atoms with van der Waals surface area (Å²) in [4.78, 5) is 9.14. The summed E-state index contributed by atoms with van der Waals surface area (Å²) in [6.07, 6.45) is 1.66. The Morgan fingerprint density at radius 2 is 1.48 bits per heavy atom. The van der Waals surface area contributed by atoms with Gasteiger partial charge in [-0.1, -0.05) is 77.9 Å². The Morgan fingerprint density at radius 1 is 0.710 bits per heavy atom. The molecule has 0 fully saturated rings. The summed E-state index contributed by atoms with van der Waals surface area (Å²) in [5.74, 6) is 0. The lowest BCUT2D eigenvalue weighted by molar-refractivity contribution is 0.567. The minimum absolute atomic E-state index is 0.0124. The minimum Gasteiger partial charge on any atom is -0.455 e. The Balaban J connectivity index is 1.91. The van der Waals surface area contributed by atoms with Gasteiger partial charge in [0.05, 0.1) is 5.69 Å². The van der Waals surface area contributed by atoms with Crippen molar-refractivity contribution in [1.29, 1.82) is 0 Å². The maximum absolute atomic E-state index is 6.65. The van der Waals surface area contributed by atoms with Gasteiger partial charge in [-0.25, -0.2) is 9.97 Å². The normalized spacial score (nSPS) is 12.8. The highest BCUT2D eigenvalue weighted by Gasteiger charge is 2.25. The molecule has 31 heavy (non-hydrogen) atoms. The van der Waals surface area contributed by atoms with Gasteiger partial charge < -0.3 is 4.42 Å². The predicted molar refractivity (Wildman–Crippen MR) is 130 cm³/mol. The third kappa shape index (κ3) is 3.20. The standard InChI is InChI=1S/C28H28N2O/c1-27(2,3)21-14-13-19(22-15-23(28(4,5)6)30-16-29-22)26-24(21)20-12-11-17-9-7-8-10-18(17)25(20)31-26/h7-16H,1-6H3. The molecule has 0 unspecified atom stereocenters. The van der Waals surface area contributed by atoms with E-state index in [1.165, 1.54) is 16.3 Å². The van der Waals surface area contributed by atoms with Crippen molar-refractivity contribution in [2.45, 2.75) is 52.4 Å². The van der Waals surface area contributed by atoms with Gasteiger partial charge >= 0.3 is 0 Å². The zero-order valence-corrected chi connectivity index (χ0v) is 19.1. The Kier molecular flexibility index (Phi) is 4.23. The van der Waals surface area contributed by atoms with E-state index in [0.29, 0.717) is 0 Å². The summed E-state index contributed by atoms with van der Waals surface area (Å²) >= 11 is 0. The molecule has 0 atom stereocenters. The number of rotatable bonds is 1. The van der Waals surface area contributed by atoms with Crippen LogP contribution in [0, 0.1) is 0 Å². The molecule has 5 rings (SSSR count). The maximum atomic E-state index is 6.65. The van der Waals surface area contributed by atoms with Crippen LogP contribution in [0.5, 0.6) is 0 Å². The van der Waals surface area contributed by atoms with Crippen LogP contribution in [0.25, 0.3) is 44.0 Å². The Hall–Kier alpha value is -3.20. The summed E-state index contributed by atoms with van der Waals surface area (Å²) in [7, 11) is 0. The molecular weight excluding hydrogens is 380 g/mol. The second-order valence-corrected chi connectivity index (χ2v) is 10.4. The van der Waals surface area contributed by atoms with E-state index < -0.39 is 0 Å². The van der Waals surface area contributed by atoms with Crippen molar-refractivity contribution < 1.29 is 4.42 Å². The van der Waals surface area contributed by atoms with E-state index in [1.807, 2.05) is 0 Å². The number of hydrogen-bond donors (Lipinski definition) is 0. The third-order valence-electron chi connectivity index (χ3n) is 6.03. The van der Waals surface area contributed by atoms with Gasteiger partial charge in [0, 0.05) is 32.8 Å². The molecule has 156 valence electrons. The van der Waals surface area contributed by atoms with Gasteiger partial charge in [-0.2, -0.15) is 0 Å². The van der Waals surface area contributed by atoms with E-state index >= 15 is 0 Å². The topological polar surface area (TPSA) is 38.9 Å². The quantitative estimate of drug-likeness (QED) is 0.284. The van der Waals surface area contributed by atoms with Gasteiger partial charge in [-0.15, -0.1) is 0 Å². The minimum atomic E-state index is -0.0494. The first-order valence-corrected chi connectivity index (χ1v) is 10.8. The maximum Gasteiger partial charge on any atom is 0.145 e. The summed E-state index contributed by atoms with van der Waals surface area (Å²) in [5.41, 5.74) is 5.99. The number of nitrogens with zero attached hydrogens (tertiary/aromatic N) is 2. The number of aromatic nitrogens is 2. The molecule has 0 aliphatic carbocycles. The highest BCUT2D eigenvalue weighted by Crippen LogP contribution is 2.43. The SMILES string of the molecule is CC(C)(C)c1cc(-c2ccc(C(C)(C)C)c3c2oc2c4ccccc4ccc23)ncn1. The molecule has 0 amide bonds. The van der Waals surface area contributed by atoms with Crippen molar-refractivity contribution in [3.05, 3.63) is 72.2 Å². The molecule has 5 aromatic rings. The van der Waals surface area contributed by atoms with Gasteiger partial charge in [0.2, 0.25) is 0 Å². The molecule has 0 radical (unpaired) electrons. The second kappa shape index (κ2) is 6.65. The first-order chi connectivity index (χ1) is 14.6. The second-order valence-electron chi connectivity index (χ2n) is 10.4. The number of fused-ring (bicyclic) bond motifs is 5.